The van der Waals surface area contributed by atoms with Crippen LogP contribution >= 0.6 is 11.6 Å². The first-order valence-corrected chi connectivity index (χ1v) is 9.63. The molecule has 1 aromatic heterocycles. The molecular formula is C21H31ClN2. The smallest absolute Gasteiger partial charge is 0.0495 e. The number of hydrogen-bond donors (Lipinski definition) is 1. The van der Waals surface area contributed by atoms with Crippen LogP contribution in [0, 0.1) is 17.3 Å². The van der Waals surface area contributed by atoms with E-state index >= 15 is 0 Å². The van der Waals surface area contributed by atoms with Gasteiger partial charge in [0.15, 0.2) is 0 Å². The van der Waals surface area contributed by atoms with Crippen LogP contribution in [0.3, 0.4) is 0 Å². The summed E-state index contributed by atoms with van der Waals surface area (Å²) in [5.41, 5.74) is 9.30. The summed E-state index contributed by atoms with van der Waals surface area (Å²) in [6, 6.07) is 6.22. The molecule has 0 spiro atoms. The highest BCUT2D eigenvalue weighted by Gasteiger charge is 2.33. The lowest BCUT2D eigenvalue weighted by atomic mass is 9.66. The summed E-state index contributed by atoms with van der Waals surface area (Å²) in [5.74, 6) is 2.00. The van der Waals surface area contributed by atoms with Gasteiger partial charge in [0, 0.05) is 35.1 Å². The number of aryl methyl sites for hydroxylation is 1. The molecule has 1 heterocycles. The maximum Gasteiger partial charge on any atom is 0.0495 e. The zero-order valence-corrected chi connectivity index (χ0v) is 16.2. The van der Waals surface area contributed by atoms with Crippen molar-refractivity contribution in [2.75, 3.05) is 6.54 Å². The predicted octanol–water partition coefficient (Wildman–Crippen LogP) is 5.73. The normalized spacial score (nSPS) is 23.6. The van der Waals surface area contributed by atoms with Crippen LogP contribution in [0.1, 0.15) is 57.9 Å². The van der Waals surface area contributed by atoms with Crippen molar-refractivity contribution in [3.05, 3.63) is 35.0 Å². The Kier molecular flexibility index (Phi) is 4.99. The van der Waals surface area contributed by atoms with E-state index in [1.807, 2.05) is 6.07 Å². The van der Waals surface area contributed by atoms with Gasteiger partial charge in [0.1, 0.15) is 0 Å². The SMILES string of the molecule is Cn1cc(C(CN)C2CCC(C(C)(C)C)CC2)c2ccc(Cl)cc21. The van der Waals surface area contributed by atoms with Gasteiger partial charge in [-0.15, -0.1) is 0 Å². The fourth-order valence-electron chi connectivity index (χ4n) is 4.64. The van der Waals surface area contributed by atoms with E-state index in [1.54, 1.807) is 0 Å². The van der Waals surface area contributed by atoms with Gasteiger partial charge >= 0.3 is 0 Å². The number of hydrogen-bond acceptors (Lipinski definition) is 1. The van der Waals surface area contributed by atoms with Crippen LogP contribution in [0.15, 0.2) is 24.4 Å². The molecule has 1 unspecified atom stereocenters. The fourth-order valence-corrected chi connectivity index (χ4v) is 4.81. The summed E-state index contributed by atoms with van der Waals surface area (Å²) in [6.07, 6.45) is 7.54. The lowest BCUT2D eigenvalue weighted by Gasteiger charge is -2.39. The molecule has 3 rings (SSSR count). The zero-order chi connectivity index (χ0) is 17.5. The third-order valence-corrected chi connectivity index (χ3v) is 6.44. The molecule has 1 fully saturated rings. The number of halogens is 1. The average molecular weight is 347 g/mol. The van der Waals surface area contributed by atoms with E-state index in [1.165, 1.54) is 42.1 Å². The van der Waals surface area contributed by atoms with Gasteiger partial charge in [-0.2, -0.15) is 0 Å². The van der Waals surface area contributed by atoms with Gasteiger partial charge in [0.25, 0.3) is 0 Å². The third kappa shape index (κ3) is 3.36. The summed E-state index contributed by atoms with van der Waals surface area (Å²) in [4.78, 5) is 0. The number of benzene rings is 1. The second-order valence-electron chi connectivity index (χ2n) is 8.68. The molecule has 1 aliphatic rings. The van der Waals surface area contributed by atoms with E-state index in [0.717, 1.165) is 17.5 Å². The summed E-state index contributed by atoms with van der Waals surface area (Å²) in [6.45, 7) is 7.87. The molecule has 0 radical (unpaired) electrons. The minimum atomic E-state index is 0.430. The number of rotatable bonds is 3. The largest absolute Gasteiger partial charge is 0.350 e. The average Bonchev–Trinajstić information content (AvgIpc) is 2.84. The minimum Gasteiger partial charge on any atom is -0.350 e. The van der Waals surface area contributed by atoms with Gasteiger partial charge in [-0.1, -0.05) is 38.4 Å². The quantitative estimate of drug-likeness (QED) is 0.756. The monoisotopic (exact) mass is 346 g/mol. The molecule has 1 aromatic carbocycles. The van der Waals surface area contributed by atoms with Gasteiger partial charge in [-0.05, 0) is 67.2 Å². The molecule has 0 saturated heterocycles. The third-order valence-electron chi connectivity index (χ3n) is 6.20. The van der Waals surface area contributed by atoms with Crippen molar-refractivity contribution >= 4 is 22.5 Å². The molecular weight excluding hydrogens is 316 g/mol. The molecule has 0 amide bonds. The highest BCUT2D eigenvalue weighted by molar-refractivity contribution is 6.31. The van der Waals surface area contributed by atoms with Crippen molar-refractivity contribution in [2.45, 2.75) is 52.4 Å². The highest BCUT2D eigenvalue weighted by Crippen LogP contribution is 2.45. The van der Waals surface area contributed by atoms with Crippen molar-refractivity contribution in [1.82, 2.24) is 4.57 Å². The molecule has 1 aliphatic carbocycles. The Labute approximate surface area is 151 Å². The van der Waals surface area contributed by atoms with Crippen LogP contribution in [-0.2, 0) is 7.05 Å². The fraction of sp³-hybridized carbons (Fsp3) is 0.619. The topological polar surface area (TPSA) is 30.9 Å². The van der Waals surface area contributed by atoms with Crippen molar-refractivity contribution in [2.24, 2.45) is 30.0 Å². The van der Waals surface area contributed by atoms with Gasteiger partial charge in [-0.3, -0.25) is 0 Å². The van der Waals surface area contributed by atoms with Crippen molar-refractivity contribution in [3.8, 4) is 0 Å². The Balaban J connectivity index is 1.86. The van der Waals surface area contributed by atoms with Crippen LogP contribution in [0.25, 0.3) is 10.9 Å². The molecule has 0 aliphatic heterocycles. The van der Waals surface area contributed by atoms with Crippen LogP contribution in [-0.4, -0.2) is 11.1 Å². The highest BCUT2D eigenvalue weighted by atomic mass is 35.5. The van der Waals surface area contributed by atoms with Gasteiger partial charge in [0.05, 0.1) is 0 Å². The van der Waals surface area contributed by atoms with E-state index in [0.29, 0.717) is 17.3 Å². The predicted molar refractivity (Wildman–Crippen MR) is 105 cm³/mol. The molecule has 1 atom stereocenters. The standard InChI is InChI=1S/C21H31ClN2/c1-21(2,3)15-7-5-14(6-8-15)18(12-23)19-13-24(4)20-11-16(22)9-10-17(19)20/h9-11,13-15,18H,5-8,12,23H2,1-4H3. The van der Waals surface area contributed by atoms with Crippen LogP contribution in [0.5, 0.6) is 0 Å². The Bertz CT molecular complexity index is 702. The van der Waals surface area contributed by atoms with Crippen molar-refractivity contribution < 1.29 is 0 Å². The van der Waals surface area contributed by atoms with Gasteiger partial charge < -0.3 is 10.3 Å². The lowest BCUT2D eigenvalue weighted by Crippen LogP contribution is -2.30. The van der Waals surface area contributed by atoms with E-state index in [9.17, 15) is 0 Å². The van der Waals surface area contributed by atoms with Gasteiger partial charge in [0.2, 0.25) is 0 Å². The molecule has 0 bridgehead atoms. The molecule has 2 aromatic rings. The second kappa shape index (κ2) is 6.72. The summed E-state index contributed by atoms with van der Waals surface area (Å²) >= 11 is 6.18. The molecule has 3 heteroatoms. The number of nitrogens with zero attached hydrogens (tertiary/aromatic N) is 1. The first-order chi connectivity index (χ1) is 11.3. The van der Waals surface area contributed by atoms with E-state index in [2.05, 4.69) is 50.7 Å². The van der Waals surface area contributed by atoms with E-state index < -0.39 is 0 Å². The summed E-state index contributed by atoms with van der Waals surface area (Å²) in [7, 11) is 2.10. The molecule has 1 saturated carbocycles. The number of aromatic nitrogens is 1. The summed E-state index contributed by atoms with van der Waals surface area (Å²) < 4.78 is 2.19. The number of fused-ring (bicyclic) bond motifs is 1. The van der Waals surface area contributed by atoms with Crippen molar-refractivity contribution in [3.63, 3.8) is 0 Å². The Morgan fingerprint density at radius 1 is 1.21 bits per heavy atom. The maximum absolute atomic E-state index is 6.25. The van der Waals surface area contributed by atoms with Crippen molar-refractivity contribution in [1.29, 1.82) is 0 Å². The minimum absolute atomic E-state index is 0.430. The second-order valence-corrected chi connectivity index (χ2v) is 9.11. The van der Waals surface area contributed by atoms with Crippen LogP contribution in [0.4, 0.5) is 0 Å². The Morgan fingerprint density at radius 3 is 2.46 bits per heavy atom. The van der Waals surface area contributed by atoms with Gasteiger partial charge in [-0.25, -0.2) is 0 Å². The molecule has 2 nitrogen and oxygen atoms in total. The first-order valence-electron chi connectivity index (χ1n) is 9.25. The zero-order valence-electron chi connectivity index (χ0n) is 15.5. The number of nitrogens with two attached hydrogens (primary N) is 1. The first kappa shape index (κ1) is 17.8. The van der Waals surface area contributed by atoms with Crippen LogP contribution < -0.4 is 5.73 Å². The summed E-state index contributed by atoms with van der Waals surface area (Å²) in [5, 5.41) is 2.11. The Hall–Kier alpha value is -0.990. The lowest BCUT2D eigenvalue weighted by molar-refractivity contribution is 0.140. The molecule has 132 valence electrons. The molecule has 24 heavy (non-hydrogen) atoms. The maximum atomic E-state index is 6.25. The van der Waals surface area contributed by atoms with Crippen LogP contribution in [0.2, 0.25) is 5.02 Å². The van der Waals surface area contributed by atoms with E-state index in [4.69, 9.17) is 17.3 Å². The Morgan fingerprint density at radius 2 is 1.88 bits per heavy atom. The van der Waals surface area contributed by atoms with E-state index in [-0.39, 0.29) is 0 Å². The molecule has 2 N–H and O–H groups in total.